The Hall–Kier alpha value is -3.26. The lowest BCUT2D eigenvalue weighted by Crippen LogP contribution is -2.25. The molecular weight excluding hydrogens is 404 g/mol. The van der Waals surface area contributed by atoms with E-state index in [0.29, 0.717) is 5.75 Å². The Morgan fingerprint density at radius 3 is 2.43 bits per heavy atom. The number of hydrogen-bond donors (Lipinski definition) is 1. The molecule has 30 heavy (non-hydrogen) atoms. The van der Waals surface area contributed by atoms with Crippen LogP contribution in [0, 0.1) is 13.8 Å². The van der Waals surface area contributed by atoms with Crippen molar-refractivity contribution in [3.05, 3.63) is 53.1 Å². The smallest absolute Gasteiger partial charge is 0.234 e. The van der Waals surface area contributed by atoms with Gasteiger partial charge in [0.25, 0.3) is 0 Å². The van der Waals surface area contributed by atoms with Gasteiger partial charge in [0.2, 0.25) is 5.91 Å². The molecule has 1 heterocycles. The van der Waals surface area contributed by atoms with Gasteiger partial charge in [-0.1, -0.05) is 23.9 Å². The summed E-state index contributed by atoms with van der Waals surface area (Å²) in [6.45, 7) is 3.94. The van der Waals surface area contributed by atoms with E-state index in [4.69, 9.17) is 9.47 Å². The molecule has 1 N–H and O–H groups in total. The van der Waals surface area contributed by atoms with Crippen LogP contribution in [-0.2, 0) is 4.79 Å². The number of fused-ring (bicyclic) bond motifs is 1. The van der Waals surface area contributed by atoms with Crippen LogP contribution in [0.3, 0.4) is 0 Å². The second-order valence-corrected chi connectivity index (χ2v) is 7.65. The molecule has 0 aliphatic rings. The molecule has 0 atom stereocenters. The lowest BCUT2D eigenvalue weighted by atomic mass is 10.1. The molecule has 0 aliphatic heterocycles. The number of aromatic nitrogens is 1. The van der Waals surface area contributed by atoms with Crippen LogP contribution in [0.5, 0.6) is 11.5 Å². The van der Waals surface area contributed by atoms with Gasteiger partial charge in [0.05, 0.1) is 37.1 Å². The highest BCUT2D eigenvalue weighted by atomic mass is 32.2. The molecule has 0 spiro atoms. The lowest BCUT2D eigenvalue weighted by Gasteiger charge is -2.16. The van der Waals surface area contributed by atoms with E-state index < -0.39 is 5.97 Å². The minimum Gasteiger partial charge on any atom is -0.545 e. The summed E-state index contributed by atoms with van der Waals surface area (Å²) in [6, 6.07) is 10.7. The van der Waals surface area contributed by atoms with Gasteiger partial charge in [0, 0.05) is 17.0 Å². The van der Waals surface area contributed by atoms with Crippen molar-refractivity contribution in [3.63, 3.8) is 0 Å². The fourth-order valence-electron chi connectivity index (χ4n) is 2.98. The molecule has 3 aromatic rings. The summed E-state index contributed by atoms with van der Waals surface area (Å²) < 4.78 is 10.3. The number of carbonyl (C=O) groups is 2. The molecule has 0 saturated heterocycles. The van der Waals surface area contributed by atoms with Gasteiger partial charge in [0.1, 0.15) is 5.03 Å². The predicted molar refractivity (Wildman–Crippen MR) is 114 cm³/mol. The number of ether oxygens (including phenoxy) is 2. The van der Waals surface area contributed by atoms with Gasteiger partial charge in [-0.2, -0.15) is 0 Å². The number of methoxy groups -OCH3 is 2. The Labute approximate surface area is 178 Å². The number of pyridine rings is 1. The predicted octanol–water partition coefficient (Wildman–Crippen LogP) is 2.96. The van der Waals surface area contributed by atoms with E-state index in [1.54, 1.807) is 0 Å². The molecule has 1 aromatic heterocycles. The molecule has 0 radical (unpaired) electrons. The van der Waals surface area contributed by atoms with E-state index in [-0.39, 0.29) is 28.7 Å². The van der Waals surface area contributed by atoms with Crippen molar-refractivity contribution >= 4 is 40.2 Å². The molecule has 0 aliphatic carbocycles. The third kappa shape index (κ3) is 4.65. The van der Waals surface area contributed by atoms with E-state index in [1.807, 2.05) is 38.1 Å². The van der Waals surface area contributed by atoms with Crippen LogP contribution in [0.4, 0.5) is 5.69 Å². The van der Waals surface area contributed by atoms with Gasteiger partial charge in [-0.3, -0.25) is 4.79 Å². The number of carboxylic acids is 1. The number of carbonyl (C=O) groups excluding carboxylic acids is 2. The Morgan fingerprint density at radius 1 is 1.07 bits per heavy atom. The molecular formula is C22H21N2O5S-. The van der Waals surface area contributed by atoms with Gasteiger partial charge in [-0.25, -0.2) is 4.98 Å². The fourth-order valence-corrected chi connectivity index (χ4v) is 3.77. The van der Waals surface area contributed by atoms with Crippen molar-refractivity contribution in [1.29, 1.82) is 0 Å². The van der Waals surface area contributed by atoms with E-state index in [1.165, 1.54) is 38.1 Å². The Kier molecular flexibility index (Phi) is 6.47. The Balaban J connectivity index is 1.78. The molecule has 156 valence electrons. The van der Waals surface area contributed by atoms with Gasteiger partial charge >= 0.3 is 0 Å². The van der Waals surface area contributed by atoms with Crippen LogP contribution in [0.15, 0.2) is 41.4 Å². The molecule has 1 amide bonds. The first-order valence-electron chi connectivity index (χ1n) is 9.10. The fraction of sp³-hybridized carbons (Fsp3) is 0.227. The standard InChI is InChI=1S/C22H22N2O5S/c1-12-5-6-14-8-13(2)21(24-16(14)7-12)30-11-20(25)23-17-10-19(29-4)18(28-3)9-15(17)22(26)27/h5-10H,11H2,1-4H3,(H,23,25)(H,26,27)/p-1. The minimum absolute atomic E-state index is 0.0615. The number of aromatic carboxylic acids is 1. The molecule has 0 saturated carbocycles. The summed E-state index contributed by atoms with van der Waals surface area (Å²) in [5.41, 5.74) is 2.82. The number of amides is 1. The summed E-state index contributed by atoms with van der Waals surface area (Å²) in [5, 5.41) is 15.9. The summed E-state index contributed by atoms with van der Waals surface area (Å²) in [4.78, 5) is 28.6. The molecule has 7 nitrogen and oxygen atoms in total. The van der Waals surface area contributed by atoms with Crippen LogP contribution in [0.2, 0.25) is 0 Å². The molecule has 0 unspecified atom stereocenters. The number of rotatable bonds is 7. The Morgan fingerprint density at radius 2 is 1.77 bits per heavy atom. The first-order chi connectivity index (χ1) is 14.3. The largest absolute Gasteiger partial charge is 0.545 e. The average Bonchev–Trinajstić information content (AvgIpc) is 2.71. The van der Waals surface area contributed by atoms with E-state index in [9.17, 15) is 14.7 Å². The lowest BCUT2D eigenvalue weighted by molar-refractivity contribution is -0.254. The van der Waals surface area contributed by atoms with Crippen LogP contribution in [0.25, 0.3) is 10.9 Å². The Bertz CT molecular complexity index is 1130. The van der Waals surface area contributed by atoms with Gasteiger partial charge in [-0.15, -0.1) is 0 Å². The van der Waals surface area contributed by atoms with Crippen molar-refractivity contribution in [3.8, 4) is 11.5 Å². The van der Waals surface area contributed by atoms with Crippen molar-refractivity contribution in [2.75, 3.05) is 25.3 Å². The van der Waals surface area contributed by atoms with Gasteiger partial charge in [-0.05, 0) is 43.2 Å². The maximum absolute atomic E-state index is 12.5. The number of hydrogen-bond acceptors (Lipinski definition) is 7. The third-order valence-electron chi connectivity index (χ3n) is 4.47. The first kappa shape index (κ1) is 21.4. The summed E-state index contributed by atoms with van der Waals surface area (Å²) in [6.07, 6.45) is 0. The zero-order valence-corrected chi connectivity index (χ0v) is 17.9. The number of carboxylic acid groups (broad SMARTS) is 1. The number of aryl methyl sites for hydroxylation is 2. The number of thioether (sulfide) groups is 1. The molecule has 2 aromatic carbocycles. The van der Waals surface area contributed by atoms with Crippen LogP contribution in [-0.4, -0.2) is 36.8 Å². The van der Waals surface area contributed by atoms with Crippen LogP contribution in [0.1, 0.15) is 21.5 Å². The number of benzene rings is 2. The van der Waals surface area contributed by atoms with Crippen molar-refractivity contribution in [2.24, 2.45) is 0 Å². The van der Waals surface area contributed by atoms with Crippen LogP contribution >= 0.6 is 11.8 Å². The molecule has 0 fully saturated rings. The summed E-state index contributed by atoms with van der Waals surface area (Å²) in [5.74, 6) is -1.21. The van der Waals surface area contributed by atoms with Crippen LogP contribution < -0.4 is 19.9 Å². The molecule has 0 bridgehead atoms. The number of anilines is 1. The van der Waals surface area contributed by atoms with Crippen molar-refractivity contribution in [1.82, 2.24) is 4.98 Å². The summed E-state index contributed by atoms with van der Waals surface area (Å²) in [7, 11) is 2.82. The van der Waals surface area contributed by atoms with Gasteiger partial charge in [0.15, 0.2) is 11.5 Å². The second-order valence-electron chi connectivity index (χ2n) is 6.68. The molecule has 3 rings (SSSR count). The highest BCUT2D eigenvalue weighted by Crippen LogP contribution is 2.33. The SMILES string of the molecule is COc1cc(NC(=O)CSc2nc3cc(C)ccc3cc2C)c(C(=O)[O-])cc1OC. The van der Waals surface area contributed by atoms with E-state index in [2.05, 4.69) is 10.3 Å². The third-order valence-corrected chi connectivity index (χ3v) is 5.57. The maximum atomic E-state index is 12.5. The van der Waals surface area contributed by atoms with Crippen molar-refractivity contribution in [2.45, 2.75) is 18.9 Å². The number of nitrogens with zero attached hydrogens (tertiary/aromatic N) is 1. The topological polar surface area (TPSA) is 101 Å². The highest BCUT2D eigenvalue weighted by Gasteiger charge is 2.15. The average molecular weight is 425 g/mol. The second kappa shape index (κ2) is 9.04. The summed E-state index contributed by atoms with van der Waals surface area (Å²) >= 11 is 1.28. The zero-order chi connectivity index (χ0) is 21.8. The van der Waals surface area contributed by atoms with Gasteiger partial charge < -0.3 is 24.7 Å². The van der Waals surface area contributed by atoms with E-state index >= 15 is 0 Å². The van der Waals surface area contributed by atoms with E-state index in [0.717, 1.165) is 27.1 Å². The molecule has 8 heteroatoms. The van der Waals surface area contributed by atoms with Crippen molar-refractivity contribution < 1.29 is 24.2 Å². The monoisotopic (exact) mass is 425 g/mol. The maximum Gasteiger partial charge on any atom is 0.234 e. The normalized spacial score (nSPS) is 10.7. The quantitative estimate of drug-likeness (QED) is 0.581. The highest BCUT2D eigenvalue weighted by molar-refractivity contribution is 8.00. The zero-order valence-electron chi connectivity index (χ0n) is 17.1. The number of nitrogens with one attached hydrogen (secondary N) is 1. The first-order valence-corrected chi connectivity index (χ1v) is 10.1. The minimum atomic E-state index is -1.43.